The summed E-state index contributed by atoms with van der Waals surface area (Å²) >= 11 is 3.39. The van der Waals surface area contributed by atoms with Crippen LogP contribution in [0.4, 0.5) is 0 Å². The highest BCUT2D eigenvalue weighted by Gasteiger charge is 2.10. The molecule has 2 aromatic heterocycles. The lowest BCUT2D eigenvalue weighted by Crippen LogP contribution is -1.91. The Balaban J connectivity index is 2.10. The van der Waals surface area contributed by atoms with Crippen LogP contribution < -0.4 is 9.47 Å². The van der Waals surface area contributed by atoms with Gasteiger partial charge in [-0.25, -0.2) is 9.97 Å². The standard InChI is InChI=1S/C14H12BrN3O2/c1-19-11-4-3-8(5-12(11)20-2)13-17-10-6-9(15)7-16-14(10)18-13/h3-7H,1-2H3,(H,16,17,18). The third-order valence-corrected chi connectivity index (χ3v) is 3.39. The molecule has 0 aliphatic heterocycles. The summed E-state index contributed by atoms with van der Waals surface area (Å²) in [6.45, 7) is 0. The summed E-state index contributed by atoms with van der Waals surface area (Å²) in [6, 6.07) is 7.60. The first-order valence-corrected chi connectivity index (χ1v) is 6.74. The Labute approximate surface area is 124 Å². The lowest BCUT2D eigenvalue weighted by atomic mass is 10.2. The lowest BCUT2D eigenvalue weighted by molar-refractivity contribution is 0.355. The highest BCUT2D eigenvalue weighted by atomic mass is 79.9. The average molecular weight is 334 g/mol. The molecule has 0 saturated heterocycles. The van der Waals surface area contributed by atoms with Gasteiger partial charge in [0.25, 0.3) is 0 Å². The first-order valence-electron chi connectivity index (χ1n) is 5.95. The van der Waals surface area contributed by atoms with E-state index in [0.29, 0.717) is 17.1 Å². The molecule has 0 aliphatic rings. The van der Waals surface area contributed by atoms with Crippen LogP contribution in [-0.4, -0.2) is 29.2 Å². The fraction of sp³-hybridized carbons (Fsp3) is 0.143. The molecule has 0 radical (unpaired) electrons. The summed E-state index contributed by atoms with van der Waals surface area (Å²) < 4.78 is 11.4. The molecule has 20 heavy (non-hydrogen) atoms. The molecule has 0 bridgehead atoms. The van der Waals surface area contributed by atoms with Gasteiger partial charge in [-0.2, -0.15) is 0 Å². The Morgan fingerprint density at radius 2 is 1.90 bits per heavy atom. The number of aromatic amines is 1. The van der Waals surface area contributed by atoms with Gasteiger partial charge < -0.3 is 14.5 Å². The quantitative estimate of drug-likeness (QED) is 0.797. The van der Waals surface area contributed by atoms with Gasteiger partial charge in [0, 0.05) is 16.2 Å². The Morgan fingerprint density at radius 1 is 1.10 bits per heavy atom. The van der Waals surface area contributed by atoms with Crippen molar-refractivity contribution in [1.82, 2.24) is 15.0 Å². The molecule has 0 spiro atoms. The Hall–Kier alpha value is -2.08. The number of nitrogens with zero attached hydrogens (tertiary/aromatic N) is 2. The first kappa shape index (κ1) is 12.9. The summed E-state index contributed by atoms with van der Waals surface area (Å²) in [4.78, 5) is 12.0. The van der Waals surface area contributed by atoms with E-state index in [4.69, 9.17) is 9.47 Å². The lowest BCUT2D eigenvalue weighted by Gasteiger charge is -2.08. The van der Waals surface area contributed by atoms with E-state index in [-0.39, 0.29) is 0 Å². The maximum atomic E-state index is 5.30. The number of hydrogen-bond donors (Lipinski definition) is 1. The fourth-order valence-electron chi connectivity index (χ4n) is 1.99. The third-order valence-electron chi connectivity index (χ3n) is 2.96. The number of H-pyrrole nitrogens is 1. The van der Waals surface area contributed by atoms with Crippen molar-refractivity contribution in [3.63, 3.8) is 0 Å². The van der Waals surface area contributed by atoms with Gasteiger partial charge in [0.2, 0.25) is 0 Å². The van der Waals surface area contributed by atoms with Crippen LogP contribution in [0.5, 0.6) is 11.5 Å². The number of hydrogen-bond acceptors (Lipinski definition) is 4. The van der Waals surface area contributed by atoms with Crippen LogP contribution in [0.2, 0.25) is 0 Å². The molecule has 1 N–H and O–H groups in total. The minimum absolute atomic E-state index is 0.666. The Bertz CT molecular complexity index is 770. The van der Waals surface area contributed by atoms with Crippen molar-refractivity contribution in [3.8, 4) is 22.9 Å². The van der Waals surface area contributed by atoms with E-state index < -0.39 is 0 Å². The molecule has 0 atom stereocenters. The summed E-state index contributed by atoms with van der Waals surface area (Å²) in [6.07, 6.45) is 1.72. The van der Waals surface area contributed by atoms with Crippen LogP contribution >= 0.6 is 15.9 Å². The number of ether oxygens (including phenoxy) is 2. The molecule has 102 valence electrons. The largest absolute Gasteiger partial charge is 0.493 e. The second-order valence-electron chi connectivity index (χ2n) is 4.18. The number of rotatable bonds is 3. The van der Waals surface area contributed by atoms with Gasteiger partial charge in [0.05, 0.1) is 19.7 Å². The molecule has 0 aliphatic carbocycles. The second kappa shape index (κ2) is 5.13. The van der Waals surface area contributed by atoms with Crippen molar-refractivity contribution >= 4 is 27.1 Å². The van der Waals surface area contributed by atoms with E-state index in [1.54, 1.807) is 20.4 Å². The first-order chi connectivity index (χ1) is 9.71. The SMILES string of the molecule is COc1ccc(-c2nc3ncc(Br)cc3[nH]2)cc1OC. The Morgan fingerprint density at radius 3 is 2.65 bits per heavy atom. The van der Waals surface area contributed by atoms with Crippen LogP contribution in [0.15, 0.2) is 34.9 Å². The predicted molar refractivity (Wildman–Crippen MR) is 80.1 cm³/mol. The van der Waals surface area contributed by atoms with E-state index in [9.17, 15) is 0 Å². The number of fused-ring (bicyclic) bond motifs is 1. The summed E-state index contributed by atoms with van der Waals surface area (Å²) in [5.41, 5.74) is 2.47. The summed E-state index contributed by atoms with van der Waals surface area (Å²) in [5.74, 6) is 2.10. The molecule has 2 heterocycles. The van der Waals surface area contributed by atoms with Crippen molar-refractivity contribution < 1.29 is 9.47 Å². The van der Waals surface area contributed by atoms with E-state index in [0.717, 1.165) is 21.4 Å². The number of pyridine rings is 1. The predicted octanol–water partition coefficient (Wildman–Crippen LogP) is 3.40. The molecule has 3 aromatic rings. The number of halogens is 1. The van der Waals surface area contributed by atoms with E-state index in [2.05, 4.69) is 30.9 Å². The molecule has 6 heteroatoms. The van der Waals surface area contributed by atoms with Gasteiger partial charge >= 0.3 is 0 Å². The molecule has 3 rings (SSSR count). The van der Waals surface area contributed by atoms with Gasteiger partial charge in [-0.3, -0.25) is 0 Å². The van der Waals surface area contributed by atoms with Gasteiger partial charge in [-0.1, -0.05) is 0 Å². The van der Waals surface area contributed by atoms with Crippen LogP contribution in [0, 0.1) is 0 Å². The molecular weight excluding hydrogens is 322 g/mol. The topological polar surface area (TPSA) is 60.0 Å². The molecule has 5 nitrogen and oxygen atoms in total. The highest BCUT2D eigenvalue weighted by Crippen LogP contribution is 2.31. The van der Waals surface area contributed by atoms with Crippen molar-refractivity contribution in [2.45, 2.75) is 0 Å². The smallest absolute Gasteiger partial charge is 0.178 e. The highest BCUT2D eigenvalue weighted by molar-refractivity contribution is 9.10. The van der Waals surface area contributed by atoms with E-state index in [1.165, 1.54) is 0 Å². The number of benzene rings is 1. The van der Waals surface area contributed by atoms with Crippen LogP contribution in [-0.2, 0) is 0 Å². The van der Waals surface area contributed by atoms with E-state index >= 15 is 0 Å². The molecule has 0 saturated carbocycles. The molecule has 0 unspecified atom stereocenters. The molecule has 0 amide bonds. The van der Waals surface area contributed by atoms with Crippen molar-refractivity contribution in [3.05, 3.63) is 34.9 Å². The van der Waals surface area contributed by atoms with Gasteiger partial charge in [0.15, 0.2) is 17.1 Å². The zero-order chi connectivity index (χ0) is 14.1. The maximum absolute atomic E-state index is 5.30. The zero-order valence-electron chi connectivity index (χ0n) is 11.0. The fourth-order valence-corrected chi connectivity index (χ4v) is 2.33. The number of methoxy groups -OCH3 is 2. The van der Waals surface area contributed by atoms with Gasteiger partial charge in [-0.05, 0) is 40.2 Å². The molecular formula is C14H12BrN3O2. The minimum Gasteiger partial charge on any atom is -0.493 e. The average Bonchev–Trinajstić information content (AvgIpc) is 2.89. The Kier molecular flexibility index (Phi) is 3.31. The van der Waals surface area contributed by atoms with Gasteiger partial charge in [-0.15, -0.1) is 0 Å². The number of imidazole rings is 1. The number of nitrogens with one attached hydrogen (secondary N) is 1. The minimum atomic E-state index is 0.666. The van der Waals surface area contributed by atoms with Gasteiger partial charge in [0.1, 0.15) is 5.82 Å². The normalized spacial score (nSPS) is 10.8. The van der Waals surface area contributed by atoms with Crippen molar-refractivity contribution in [1.29, 1.82) is 0 Å². The zero-order valence-corrected chi connectivity index (χ0v) is 12.6. The van der Waals surface area contributed by atoms with Crippen LogP contribution in [0.1, 0.15) is 0 Å². The summed E-state index contributed by atoms with van der Waals surface area (Å²) in [7, 11) is 3.22. The van der Waals surface area contributed by atoms with Crippen molar-refractivity contribution in [2.75, 3.05) is 14.2 Å². The second-order valence-corrected chi connectivity index (χ2v) is 5.10. The van der Waals surface area contributed by atoms with Crippen molar-refractivity contribution in [2.24, 2.45) is 0 Å². The number of aromatic nitrogens is 3. The molecule has 0 fully saturated rings. The third kappa shape index (κ3) is 2.22. The molecule has 1 aromatic carbocycles. The maximum Gasteiger partial charge on any atom is 0.178 e. The van der Waals surface area contributed by atoms with Crippen LogP contribution in [0.25, 0.3) is 22.6 Å². The monoisotopic (exact) mass is 333 g/mol. The van der Waals surface area contributed by atoms with E-state index in [1.807, 2.05) is 24.3 Å². The summed E-state index contributed by atoms with van der Waals surface area (Å²) in [5, 5.41) is 0. The van der Waals surface area contributed by atoms with Crippen LogP contribution in [0.3, 0.4) is 0 Å².